The smallest absolute Gasteiger partial charge is 0.118 e. The van der Waals surface area contributed by atoms with Crippen LogP contribution in [0.1, 0.15) is 61.8 Å². The molecule has 2 N–H and O–H groups in total. The van der Waals surface area contributed by atoms with Gasteiger partial charge in [0.2, 0.25) is 0 Å². The monoisotopic (exact) mass is 312 g/mol. The van der Waals surface area contributed by atoms with E-state index < -0.39 is 0 Å². The van der Waals surface area contributed by atoms with E-state index in [9.17, 15) is 10.2 Å². The van der Waals surface area contributed by atoms with Gasteiger partial charge in [0, 0.05) is 0 Å². The minimum absolute atomic E-state index is 0.400. The van der Waals surface area contributed by atoms with Crippen LogP contribution in [-0.4, -0.2) is 10.2 Å². The van der Waals surface area contributed by atoms with Gasteiger partial charge in [0.1, 0.15) is 11.5 Å². The zero-order valence-electron chi connectivity index (χ0n) is 14.3. The Morgan fingerprint density at radius 3 is 1.52 bits per heavy atom. The van der Waals surface area contributed by atoms with E-state index in [-0.39, 0.29) is 0 Å². The van der Waals surface area contributed by atoms with Crippen LogP contribution >= 0.6 is 0 Å². The number of hydrogen-bond donors (Lipinski definition) is 2. The van der Waals surface area contributed by atoms with Crippen molar-refractivity contribution < 1.29 is 10.2 Å². The maximum atomic E-state index is 9.97. The first kappa shape index (κ1) is 17.4. The van der Waals surface area contributed by atoms with Crippen LogP contribution in [0.25, 0.3) is 0 Å². The van der Waals surface area contributed by atoms with Crippen LogP contribution in [0.4, 0.5) is 0 Å². The fraction of sp³-hybridized carbons (Fsp3) is 0.429. The molecule has 0 fully saturated rings. The molecule has 23 heavy (non-hydrogen) atoms. The molecule has 0 aliphatic carbocycles. The van der Waals surface area contributed by atoms with Crippen molar-refractivity contribution in [3.8, 4) is 11.5 Å². The first-order chi connectivity index (χ1) is 11.1. The van der Waals surface area contributed by atoms with Gasteiger partial charge in [-0.3, -0.25) is 0 Å². The third kappa shape index (κ3) is 5.02. The van der Waals surface area contributed by atoms with Gasteiger partial charge in [-0.05, 0) is 66.5 Å². The highest BCUT2D eigenvalue weighted by Gasteiger charge is 2.06. The van der Waals surface area contributed by atoms with Gasteiger partial charge in [-0.25, -0.2) is 0 Å². The second kappa shape index (κ2) is 8.61. The molecule has 0 aromatic heterocycles. The van der Waals surface area contributed by atoms with Crippen molar-refractivity contribution in [1.29, 1.82) is 0 Å². The van der Waals surface area contributed by atoms with E-state index in [1.165, 1.54) is 11.1 Å². The highest BCUT2D eigenvalue weighted by Crippen LogP contribution is 2.25. The summed E-state index contributed by atoms with van der Waals surface area (Å²) in [5, 5.41) is 19.9. The Morgan fingerprint density at radius 2 is 1.13 bits per heavy atom. The van der Waals surface area contributed by atoms with Crippen molar-refractivity contribution in [2.75, 3.05) is 0 Å². The Labute approximate surface area is 139 Å². The zero-order chi connectivity index (χ0) is 16.7. The third-order valence-electron chi connectivity index (χ3n) is 4.30. The van der Waals surface area contributed by atoms with Gasteiger partial charge in [0.15, 0.2) is 0 Å². The molecule has 2 rings (SSSR count). The average molecular weight is 312 g/mol. The molecule has 0 saturated heterocycles. The minimum Gasteiger partial charge on any atom is -0.508 e. The molecule has 0 atom stereocenters. The minimum atomic E-state index is 0.400. The number of benzene rings is 2. The first-order valence-electron chi connectivity index (χ1n) is 8.75. The van der Waals surface area contributed by atoms with Gasteiger partial charge < -0.3 is 10.2 Å². The van der Waals surface area contributed by atoms with Gasteiger partial charge in [0.05, 0.1) is 0 Å². The Kier molecular flexibility index (Phi) is 6.52. The number of aryl methyl sites for hydroxylation is 2. The molecule has 0 aliphatic heterocycles. The Morgan fingerprint density at radius 1 is 0.696 bits per heavy atom. The van der Waals surface area contributed by atoms with Crippen LogP contribution in [0, 0.1) is 0 Å². The topological polar surface area (TPSA) is 40.5 Å². The number of aromatic hydroxyl groups is 2. The molecular formula is C21H28O2. The standard InChI is InChI=1S/C21H28O2/c1-3-5-7-18-14-16(9-11-20(18)22)13-17-10-12-21(23)19(15-17)8-6-4-2/h9-12,14-15,22-23H,3-8,13H2,1-2H3. The summed E-state index contributed by atoms with van der Waals surface area (Å²) in [6.45, 7) is 4.32. The van der Waals surface area contributed by atoms with Gasteiger partial charge in [-0.2, -0.15) is 0 Å². The molecule has 2 nitrogen and oxygen atoms in total. The van der Waals surface area contributed by atoms with E-state index in [0.29, 0.717) is 11.5 Å². The number of hydrogen-bond acceptors (Lipinski definition) is 2. The molecule has 124 valence electrons. The Bertz CT molecular complexity index is 576. The van der Waals surface area contributed by atoms with Crippen molar-refractivity contribution in [1.82, 2.24) is 0 Å². The van der Waals surface area contributed by atoms with E-state index in [1.807, 2.05) is 12.1 Å². The summed E-state index contributed by atoms with van der Waals surface area (Å²) in [6, 6.07) is 11.8. The first-order valence-corrected chi connectivity index (χ1v) is 8.75. The molecule has 0 radical (unpaired) electrons. The molecule has 2 heteroatoms. The van der Waals surface area contributed by atoms with Crippen molar-refractivity contribution in [2.24, 2.45) is 0 Å². The summed E-state index contributed by atoms with van der Waals surface area (Å²) < 4.78 is 0. The van der Waals surface area contributed by atoms with Gasteiger partial charge in [-0.1, -0.05) is 51.0 Å². The lowest BCUT2D eigenvalue weighted by molar-refractivity contribution is 0.466. The second-order valence-electron chi connectivity index (χ2n) is 6.31. The molecule has 0 heterocycles. The number of unbranched alkanes of at least 4 members (excludes halogenated alkanes) is 2. The van der Waals surface area contributed by atoms with Crippen LogP contribution in [0.5, 0.6) is 11.5 Å². The maximum absolute atomic E-state index is 9.97. The largest absolute Gasteiger partial charge is 0.508 e. The van der Waals surface area contributed by atoms with E-state index in [0.717, 1.165) is 56.1 Å². The fourth-order valence-electron chi connectivity index (χ4n) is 2.87. The van der Waals surface area contributed by atoms with Crippen molar-refractivity contribution >= 4 is 0 Å². The van der Waals surface area contributed by atoms with E-state index in [1.54, 1.807) is 12.1 Å². The van der Waals surface area contributed by atoms with Gasteiger partial charge in [0.25, 0.3) is 0 Å². The summed E-state index contributed by atoms with van der Waals surface area (Å²) in [7, 11) is 0. The summed E-state index contributed by atoms with van der Waals surface area (Å²) in [6.07, 6.45) is 7.12. The van der Waals surface area contributed by atoms with Crippen molar-refractivity contribution in [2.45, 2.75) is 58.8 Å². The Hall–Kier alpha value is -1.96. The lowest BCUT2D eigenvalue weighted by Crippen LogP contribution is -1.94. The highest BCUT2D eigenvalue weighted by molar-refractivity contribution is 5.41. The van der Waals surface area contributed by atoms with E-state index in [2.05, 4.69) is 26.0 Å². The normalized spacial score (nSPS) is 10.9. The average Bonchev–Trinajstić information content (AvgIpc) is 2.55. The number of phenolic OH excluding ortho intramolecular Hbond substituents is 2. The molecule has 0 unspecified atom stereocenters. The number of rotatable bonds is 8. The van der Waals surface area contributed by atoms with Crippen molar-refractivity contribution in [3.63, 3.8) is 0 Å². The fourth-order valence-corrected chi connectivity index (χ4v) is 2.87. The SMILES string of the molecule is CCCCc1cc(Cc2ccc(O)c(CCCC)c2)ccc1O. The number of phenols is 2. The van der Waals surface area contributed by atoms with Gasteiger partial charge >= 0.3 is 0 Å². The molecule has 2 aromatic carbocycles. The Balaban J connectivity index is 2.15. The van der Waals surface area contributed by atoms with Crippen LogP contribution in [0.15, 0.2) is 36.4 Å². The third-order valence-corrected chi connectivity index (χ3v) is 4.30. The molecule has 0 bridgehead atoms. The summed E-state index contributed by atoms with van der Waals surface area (Å²) in [4.78, 5) is 0. The quantitative estimate of drug-likeness (QED) is 0.687. The van der Waals surface area contributed by atoms with Crippen LogP contribution in [-0.2, 0) is 19.3 Å². The summed E-state index contributed by atoms with van der Waals surface area (Å²) in [5.41, 5.74) is 4.49. The van der Waals surface area contributed by atoms with Crippen LogP contribution in [0.2, 0.25) is 0 Å². The molecule has 2 aromatic rings. The lowest BCUT2D eigenvalue weighted by atomic mass is 9.97. The maximum Gasteiger partial charge on any atom is 0.118 e. The van der Waals surface area contributed by atoms with E-state index in [4.69, 9.17) is 0 Å². The van der Waals surface area contributed by atoms with Gasteiger partial charge in [-0.15, -0.1) is 0 Å². The van der Waals surface area contributed by atoms with Crippen LogP contribution < -0.4 is 0 Å². The molecule has 0 saturated carbocycles. The summed E-state index contributed by atoms with van der Waals surface area (Å²) in [5.74, 6) is 0.799. The summed E-state index contributed by atoms with van der Waals surface area (Å²) >= 11 is 0. The van der Waals surface area contributed by atoms with Crippen molar-refractivity contribution in [3.05, 3.63) is 58.7 Å². The molecular weight excluding hydrogens is 284 g/mol. The second-order valence-corrected chi connectivity index (χ2v) is 6.31. The van der Waals surface area contributed by atoms with E-state index >= 15 is 0 Å². The predicted molar refractivity (Wildman–Crippen MR) is 96.2 cm³/mol. The predicted octanol–water partition coefficient (Wildman–Crippen LogP) is 5.37. The van der Waals surface area contributed by atoms with Crippen LogP contribution in [0.3, 0.4) is 0 Å². The highest BCUT2D eigenvalue weighted by atomic mass is 16.3. The molecule has 0 aliphatic rings. The zero-order valence-corrected chi connectivity index (χ0v) is 14.3. The lowest BCUT2D eigenvalue weighted by Gasteiger charge is -2.10. The molecule has 0 spiro atoms. The molecule has 0 amide bonds.